The quantitative estimate of drug-likeness (QED) is 0.434. The van der Waals surface area contributed by atoms with Crippen LogP contribution in [-0.4, -0.2) is 22.2 Å². The monoisotopic (exact) mass is 335 g/mol. The maximum Gasteiger partial charge on any atom is 0.271 e. The van der Waals surface area contributed by atoms with E-state index in [-0.39, 0.29) is 17.0 Å². The third kappa shape index (κ3) is 3.45. The molecule has 0 fully saturated rings. The van der Waals surface area contributed by atoms with Gasteiger partial charge in [-0.15, -0.1) is 0 Å². The zero-order valence-electron chi connectivity index (χ0n) is 12.9. The molecule has 3 rings (SSSR count). The topological polar surface area (TPSA) is 105 Å². The molecule has 3 aromatic rings. The van der Waals surface area contributed by atoms with Crippen molar-refractivity contribution in [2.45, 2.75) is 0 Å². The molecule has 7 nitrogen and oxygen atoms in total. The van der Waals surface area contributed by atoms with Crippen LogP contribution in [0.5, 0.6) is 5.75 Å². The van der Waals surface area contributed by atoms with Crippen molar-refractivity contribution in [2.75, 3.05) is 0 Å². The first kappa shape index (κ1) is 16.1. The van der Waals surface area contributed by atoms with Crippen molar-refractivity contribution >= 4 is 28.6 Å². The van der Waals surface area contributed by atoms with Gasteiger partial charge in [0.15, 0.2) is 0 Å². The number of carbonyl (C=O) groups is 1. The molecule has 0 aliphatic carbocycles. The third-order valence-corrected chi connectivity index (χ3v) is 3.65. The Labute approximate surface area is 142 Å². The van der Waals surface area contributed by atoms with Crippen LogP contribution in [0, 0.1) is 10.1 Å². The first-order valence-corrected chi connectivity index (χ1v) is 7.35. The molecule has 124 valence electrons. The van der Waals surface area contributed by atoms with Crippen LogP contribution in [0.25, 0.3) is 10.8 Å². The van der Waals surface area contributed by atoms with Crippen LogP contribution in [-0.2, 0) is 0 Å². The summed E-state index contributed by atoms with van der Waals surface area (Å²) in [6, 6.07) is 16.0. The average molecular weight is 335 g/mol. The van der Waals surface area contributed by atoms with Crippen LogP contribution < -0.4 is 5.43 Å². The first-order chi connectivity index (χ1) is 12.1. The van der Waals surface area contributed by atoms with Gasteiger partial charge in [-0.05, 0) is 29.0 Å². The highest BCUT2D eigenvalue weighted by molar-refractivity contribution is 6.03. The van der Waals surface area contributed by atoms with E-state index in [2.05, 4.69) is 10.5 Å². The fraction of sp³-hybridized carbons (Fsp3) is 0. The van der Waals surface area contributed by atoms with Gasteiger partial charge in [0.25, 0.3) is 11.6 Å². The van der Waals surface area contributed by atoms with Gasteiger partial charge in [-0.25, -0.2) is 5.43 Å². The van der Waals surface area contributed by atoms with Crippen LogP contribution in [0.1, 0.15) is 15.9 Å². The number of hydrazone groups is 1. The van der Waals surface area contributed by atoms with Crippen molar-refractivity contribution in [2.24, 2.45) is 5.10 Å². The molecular formula is C18H13N3O4. The average Bonchev–Trinajstić information content (AvgIpc) is 2.63. The van der Waals surface area contributed by atoms with Gasteiger partial charge >= 0.3 is 0 Å². The Morgan fingerprint density at radius 2 is 1.80 bits per heavy atom. The Bertz CT molecular complexity index is 981. The van der Waals surface area contributed by atoms with E-state index in [1.54, 1.807) is 12.1 Å². The lowest BCUT2D eigenvalue weighted by Crippen LogP contribution is -2.17. The van der Waals surface area contributed by atoms with E-state index >= 15 is 0 Å². The van der Waals surface area contributed by atoms with E-state index in [0.717, 1.165) is 10.8 Å². The van der Waals surface area contributed by atoms with Gasteiger partial charge in [0, 0.05) is 23.3 Å². The van der Waals surface area contributed by atoms with Crippen LogP contribution in [0.15, 0.2) is 65.8 Å². The van der Waals surface area contributed by atoms with Crippen molar-refractivity contribution in [1.82, 2.24) is 5.43 Å². The number of nitro benzene ring substituents is 1. The normalized spacial score (nSPS) is 10.9. The van der Waals surface area contributed by atoms with E-state index < -0.39 is 10.8 Å². The Morgan fingerprint density at radius 3 is 2.52 bits per heavy atom. The van der Waals surface area contributed by atoms with Crippen molar-refractivity contribution < 1.29 is 14.8 Å². The van der Waals surface area contributed by atoms with E-state index in [1.807, 2.05) is 24.3 Å². The van der Waals surface area contributed by atoms with E-state index in [0.29, 0.717) is 5.56 Å². The molecule has 0 unspecified atom stereocenters. The standard InChI is InChI=1S/C18H13N3O4/c22-17-10-7-12-3-1-2-4-15(12)16(17)11-19-20-18(23)13-5-8-14(9-6-13)21(24)25/h1-11,22H,(H,20,23)/b19-11-. The van der Waals surface area contributed by atoms with Gasteiger partial charge < -0.3 is 5.11 Å². The maximum atomic E-state index is 12.0. The number of non-ortho nitro benzene ring substituents is 1. The molecule has 0 atom stereocenters. The number of rotatable bonds is 4. The highest BCUT2D eigenvalue weighted by Crippen LogP contribution is 2.25. The predicted octanol–water partition coefficient (Wildman–Crippen LogP) is 3.22. The lowest BCUT2D eigenvalue weighted by molar-refractivity contribution is -0.384. The molecule has 0 saturated carbocycles. The van der Waals surface area contributed by atoms with Crippen LogP contribution in [0.4, 0.5) is 5.69 Å². The fourth-order valence-corrected chi connectivity index (χ4v) is 2.37. The van der Waals surface area contributed by atoms with E-state index in [4.69, 9.17) is 0 Å². The van der Waals surface area contributed by atoms with Gasteiger partial charge in [-0.3, -0.25) is 14.9 Å². The van der Waals surface area contributed by atoms with Gasteiger partial charge in [0.05, 0.1) is 11.1 Å². The summed E-state index contributed by atoms with van der Waals surface area (Å²) in [5.41, 5.74) is 2.97. The number of carbonyl (C=O) groups excluding carboxylic acids is 1. The molecular weight excluding hydrogens is 322 g/mol. The van der Waals surface area contributed by atoms with E-state index in [1.165, 1.54) is 30.5 Å². The van der Waals surface area contributed by atoms with Crippen molar-refractivity contribution in [3.63, 3.8) is 0 Å². The van der Waals surface area contributed by atoms with Crippen LogP contribution >= 0.6 is 0 Å². The zero-order valence-corrected chi connectivity index (χ0v) is 12.9. The number of amides is 1. The molecule has 0 radical (unpaired) electrons. The number of phenols is 1. The lowest BCUT2D eigenvalue weighted by atomic mass is 10.0. The second-order valence-corrected chi connectivity index (χ2v) is 5.22. The van der Waals surface area contributed by atoms with E-state index in [9.17, 15) is 20.0 Å². The second kappa shape index (κ2) is 6.79. The number of hydrogen-bond donors (Lipinski definition) is 2. The highest BCUT2D eigenvalue weighted by atomic mass is 16.6. The molecule has 0 heterocycles. The number of aromatic hydroxyl groups is 1. The number of hydrogen-bond acceptors (Lipinski definition) is 5. The third-order valence-electron chi connectivity index (χ3n) is 3.65. The minimum atomic E-state index is -0.539. The molecule has 0 aliphatic rings. The van der Waals surface area contributed by atoms with Gasteiger partial charge in [-0.2, -0.15) is 5.10 Å². The Hall–Kier alpha value is -3.74. The summed E-state index contributed by atoms with van der Waals surface area (Å²) in [5, 5.41) is 26.2. The van der Waals surface area contributed by atoms with Crippen LogP contribution in [0.2, 0.25) is 0 Å². The number of phenolic OH excluding ortho intramolecular Hbond substituents is 1. The molecule has 0 spiro atoms. The Balaban J connectivity index is 1.78. The van der Waals surface area contributed by atoms with Gasteiger partial charge in [0.1, 0.15) is 5.75 Å². The number of nitrogens with one attached hydrogen (secondary N) is 1. The lowest BCUT2D eigenvalue weighted by Gasteiger charge is -2.05. The Morgan fingerprint density at radius 1 is 1.08 bits per heavy atom. The van der Waals surface area contributed by atoms with Gasteiger partial charge in [-0.1, -0.05) is 30.3 Å². The molecule has 0 aromatic heterocycles. The summed E-state index contributed by atoms with van der Waals surface area (Å²) in [5.74, 6) is -0.460. The molecule has 1 amide bonds. The largest absolute Gasteiger partial charge is 0.507 e. The molecule has 3 aromatic carbocycles. The van der Waals surface area contributed by atoms with Gasteiger partial charge in [0.2, 0.25) is 0 Å². The summed E-state index contributed by atoms with van der Waals surface area (Å²) in [7, 11) is 0. The minimum absolute atomic E-state index is 0.0482. The molecule has 0 bridgehead atoms. The molecule has 25 heavy (non-hydrogen) atoms. The number of nitro groups is 1. The smallest absolute Gasteiger partial charge is 0.271 e. The SMILES string of the molecule is O=C(N/N=C\c1c(O)ccc2ccccc12)c1ccc([N+](=O)[O-])cc1. The summed E-state index contributed by atoms with van der Waals surface area (Å²) in [4.78, 5) is 22.1. The van der Waals surface area contributed by atoms with Crippen molar-refractivity contribution in [3.05, 3.63) is 81.9 Å². The summed E-state index contributed by atoms with van der Waals surface area (Å²) < 4.78 is 0. The molecule has 0 aliphatic heterocycles. The van der Waals surface area contributed by atoms with Crippen molar-refractivity contribution in [1.29, 1.82) is 0 Å². The first-order valence-electron chi connectivity index (χ1n) is 7.35. The second-order valence-electron chi connectivity index (χ2n) is 5.22. The summed E-state index contributed by atoms with van der Waals surface area (Å²) in [6.45, 7) is 0. The zero-order chi connectivity index (χ0) is 17.8. The summed E-state index contributed by atoms with van der Waals surface area (Å²) in [6.07, 6.45) is 1.36. The minimum Gasteiger partial charge on any atom is -0.507 e. The highest BCUT2D eigenvalue weighted by Gasteiger charge is 2.09. The Kier molecular flexibility index (Phi) is 4.38. The number of benzene rings is 3. The maximum absolute atomic E-state index is 12.0. The fourth-order valence-electron chi connectivity index (χ4n) is 2.37. The summed E-state index contributed by atoms with van der Waals surface area (Å²) >= 11 is 0. The molecule has 0 saturated heterocycles. The number of fused-ring (bicyclic) bond motifs is 1. The van der Waals surface area contributed by atoms with Crippen molar-refractivity contribution in [3.8, 4) is 5.75 Å². The molecule has 2 N–H and O–H groups in total. The number of nitrogens with zero attached hydrogens (tertiary/aromatic N) is 2. The van der Waals surface area contributed by atoms with Crippen LogP contribution in [0.3, 0.4) is 0 Å². The molecule has 7 heteroatoms. The predicted molar refractivity (Wildman–Crippen MR) is 93.8 cm³/mol.